The van der Waals surface area contributed by atoms with Gasteiger partial charge in [0.1, 0.15) is 6.61 Å². The van der Waals surface area contributed by atoms with Crippen LogP contribution in [0, 0.1) is 0 Å². The molecule has 6 nitrogen and oxygen atoms in total. The summed E-state index contributed by atoms with van der Waals surface area (Å²) in [7, 11) is -8.40. The Balaban J connectivity index is 2.24. The van der Waals surface area contributed by atoms with Crippen molar-refractivity contribution in [3.8, 4) is 11.5 Å². The zero-order chi connectivity index (χ0) is 33.4. The summed E-state index contributed by atoms with van der Waals surface area (Å²) in [6.45, 7) is -2.75. The largest absolute Gasteiger partial charge is 0.743 e. The standard InChI is InChI=1S/C25H17F11O6S2/c26-22(27,28)20(23(29,30)44(38,39)40)42-18-12-11-17(13-19(18)41-14-21(37,24(31,32)33)25(34,35)36)43(15-7-3-1-4-8-15)16-9-5-2-6-10-16/h1-13,20,37H,14H2. The molecule has 0 saturated carbocycles. The van der Waals surface area contributed by atoms with E-state index in [0.717, 1.165) is 6.07 Å². The fraction of sp³-hybridized carbons (Fsp3) is 0.280. The van der Waals surface area contributed by atoms with Crippen LogP contribution in [0.2, 0.25) is 0 Å². The van der Waals surface area contributed by atoms with Crippen LogP contribution in [0.15, 0.2) is 93.5 Å². The monoisotopic (exact) mass is 686 g/mol. The summed E-state index contributed by atoms with van der Waals surface area (Å²) in [6.07, 6.45) is -24.0. The predicted molar refractivity (Wildman–Crippen MR) is 129 cm³/mol. The lowest BCUT2D eigenvalue weighted by molar-refractivity contribution is -0.373. The summed E-state index contributed by atoms with van der Waals surface area (Å²) >= 11 is 0. The van der Waals surface area contributed by atoms with E-state index in [1.54, 1.807) is 60.7 Å². The molecule has 242 valence electrons. The van der Waals surface area contributed by atoms with E-state index in [1.165, 1.54) is 0 Å². The Labute approximate surface area is 244 Å². The number of aliphatic hydroxyl groups is 1. The minimum atomic E-state index is -7.09. The fourth-order valence-electron chi connectivity index (χ4n) is 3.44. The van der Waals surface area contributed by atoms with Gasteiger partial charge in [-0.1, -0.05) is 36.4 Å². The maximum atomic E-state index is 14.1. The van der Waals surface area contributed by atoms with Gasteiger partial charge >= 0.3 is 23.8 Å². The topological polar surface area (TPSA) is 95.9 Å². The van der Waals surface area contributed by atoms with Gasteiger partial charge in [0.25, 0.3) is 11.7 Å². The van der Waals surface area contributed by atoms with Crippen LogP contribution in [0.4, 0.5) is 48.3 Å². The SMILES string of the molecule is O=S(=O)([O-])C(F)(F)C(Oc1ccc([S+](c2ccccc2)c2ccccc2)cc1OCC(O)(C(F)(F)F)C(F)(F)F)C(F)(F)F. The third kappa shape index (κ3) is 7.32. The van der Waals surface area contributed by atoms with Gasteiger partial charge in [0.15, 0.2) is 36.3 Å². The second kappa shape index (κ2) is 12.2. The molecular formula is C25H17F11O6S2. The summed E-state index contributed by atoms with van der Waals surface area (Å²) < 4.78 is 190. The molecule has 1 N–H and O–H groups in total. The van der Waals surface area contributed by atoms with Crippen molar-refractivity contribution in [1.82, 2.24) is 0 Å². The molecule has 19 heteroatoms. The highest BCUT2D eigenvalue weighted by molar-refractivity contribution is 7.97. The third-order valence-corrected chi connectivity index (χ3v) is 8.76. The van der Waals surface area contributed by atoms with Gasteiger partial charge < -0.3 is 19.1 Å². The highest BCUT2D eigenvalue weighted by Gasteiger charge is 2.71. The number of hydrogen-bond acceptors (Lipinski definition) is 6. The van der Waals surface area contributed by atoms with Crippen molar-refractivity contribution < 1.29 is 75.8 Å². The van der Waals surface area contributed by atoms with E-state index >= 15 is 0 Å². The first-order valence-electron chi connectivity index (χ1n) is 11.5. The van der Waals surface area contributed by atoms with E-state index in [-0.39, 0.29) is 4.90 Å². The average molecular weight is 687 g/mol. The molecule has 0 aliphatic heterocycles. The first-order chi connectivity index (χ1) is 20.0. The molecule has 0 bridgehead atoms. The molecule has 0 heterocycles. The Morgan fingerprint density at radius 2 is 1.16 bits per heavy atom. The molecular weight excluding hydrogens is 669 g/mol. The molecule has 0 aliphatic rings. The van der Waals surface area contributed by atoms with Gasteiger partial charge in [0.05, 0.1) is 10.9 Å². The van der Waals surface area contributed by atoms with Crippen molar-refractivity contribution in [1.29, 1.82) is 0 Å². The van der Waals surface area contributed by atoms with Crippen LogP contribution in [0.1, 0.15) is 0 Å². The van der Waals surface area contributed by atoms with Gasteiger partial charge in [-0.3, -0.25) is 0 Å². The second-order valence-electron chi connectivity index (χ2n) is 8.74. The summed E-state index contributed by atoms with van der Waals surface area (Å²) in [5, 5.41) is 3.26. The molecule has 44 heavy (non-hydrogen) atoms. The summed E-state index contributed by atoms with van der Waals surface area (Å²) in [5.74, 6) is -3.09. The lowest BCUT2D eigenvalue weighted by atomic mass is 10.0. The Morgan fingerprint density at radius 3 is 1.55 bits per heavy atom. The number of hydrogen-bond donors (Lipinski definition) is 1. The van der Waals surface area contributed by atoms with E-state index in [4.69, 9.17) is 0 Å². The molecule has 0 amide bonds. The molecule has 1 atom stereocenters. The van der Waals surface area contributed by atoms with Crippen molar-refractivity contribution in [2.45, 2.75) is 50.2 Å². The lowest BCUT2D eigenvalue weighted by Gasteiger charge is -2.33. The van der Waals surface area contributed by atoms with E-state index < -0.39 is 74.6 Å². The first-order valence-corrected chi connectivity index (χ1v) is 14.2. The van der Waals surface area contributed by atoms with Crippen LogP contribution in [-0.4, -0.2) is 60.2 Å². The van der Waals surface area contributed by atoms with Gasteiger partial charge in [-0.15, -0.1) is 0 Å². The van der Waals surface area contributed by atoms with Gasteiger partial charge in [-0.2, -0.15) is 48.3 Å². The number of halogens is 11. The highest BCUT2D eigenvalue weighted by Crippen LogP contribution is 2.46. The van der Waals surface area contributed by atoms with Crippen molar-refractivity contribution in [2.24, 2.45) is 0 Å². The molecule has 1 unspecified atom stereocenters. The van der Waals surface area contributed by atoms with E-state index in [0.29, 0.717) is 21.9 Å². The normalized spacial score (nSPS) is 14.4. The predicted octanol–water partition coefficient (Wildman–Crippen LogP) is 6.46. The summed E-state index contributed by atoms with van der Waals surface area (Å²) in [4.78, 5) is 0.842. The Morgan fingerprint density at radius 1 is 0.705 bits per heavy atom. The molecule has 0 aliphatic carbocycles. The molecule has 0 saturated heterocycles. The van der Waals surface area contributed by atoms with Crippen molar-refractivity contribution in [3.05, 3.63) is 78.9 Å². The van der Waals surface area contributed by atoms with E-state index in [9.17, 15) is 66.4 Å². The molecule has 0 spiro atoms. The summed E-state index contributed by atoms with van der Waals surface area (Å²) in [6, 6.07) is 17.5. The third-order valence-electron chi connectivity index (χ3n) is 5.66. The minimum Gasteiger partial charge on any atom is -0.743 e. The van der Waals surface area contributed by atoms with Crippen molar-refractivity contribution in [3.63, 3.8) is 0 Å². The number of alkyl halides is 11. The number of benzene rings is 3. The number of ether oxygens (including phenoxy) is 2. The Bertz CT molecular complexity index is 1470. The minimum absolute atomic E-state index is 0.0703. The van der Waals surface area contributed by atoms with Gasteiger partial charge in [0, 0.05) is 6.07 Å². The van der Waals surface area contributed by atoms with E-state index in [2.05, 4.69) is 9.47 Å². The van der Waals surface area contributed by atoms with Crippen LogP contribution >= 0.6 is 0 Å². The van der Waals surface area contributed by atoms with Crippen molar-refractivity contribution >= 4 is 21.0 Å². The van der Waals surface area contributed by atoms with Gasteiger partial charge in [0.2, 0.25) is 0 Å². The highest BCUT2D eigenvalue weighted by atomic mass is 32.2. The molecule has 3 aromatic carbocycles. The molecule has 3 aromatic rings. The van der Waals surface area contributed by atoms with Crippen LogP contribution < -0.4 is 9.47 Å². The molecule has 0 radical (unpaired) electrons. The summed E-state index contributed by atoms with van der Waals surface area (Å²) in [5.41, 5.74) is -5.61. The average Bonchev–Trinajstić information content (AvgIpc) is 2.89. The van der Waals surface area contributed by atoms with Crippen LogP contribution in [-0.2, 0) is 21.0 Å². The maximum absolute atomic E-state index is 14.1. The van der Waals surface area contributed by atoms with Gasteiger partial charge in [-0.05, 0) is 36.4 Å². The van der Waals surface area contributed by atoms with Gasteiger partial charge in [-0.25, -0.2) is 8.42 Å². The number of rotatable bonds is 10. The molecule has 0 aromatic heterocycles. The van der Waals surface area contributed by atoms with Crippen LogP contribution in [0.3, 0.4) is 0 Å². The fourth-order valence-corrected chi connectivity index (χ4v) is 5.99. The zero-order valence-electron chi connectivity index (χ0n) is 21.3. The first kappa shape index (κ1) is 35.2. The smallest absolute Gasteiger partial charge is 0.432 e. The zero-order valence-corrected chi connectivity index (χ0v) is 22.9. The van der Waals surface area contributed by atoms with Crippen LogP contribution in [0.25, 0.3) is 0 Å². The van der Waals surface area contributed by atoms with Crippen LogP contribution in [0.5, 0.6) is 11.5 Å². The second-order valence-corrected chi connectivity index (χ2v) is 12.2. The Kier molecular flexibility index (Phi) is 9.79. The molecule has 0 fully saturated rings. The van der Waals surface area contributed by atoms with Crippen molar-refractivity contribution in [2.75, 3.05) is 6.61 Å². The quantitative estimate of drug-likeness (QED) is 0.149. The molecule has 3 rings (SSSR count). The maximum Gasteiger partial charge on any atom is 0.432 e. The lowest BCUT2D eigenvalue weighted by Crippen LogP contribution is -2.60. The Hall–Kier alpha value is -3.29. The van der Waals surface area contributed by atoms with E-state index in [1.807, 2.05) is 0 Å².